The van der Waals surface area contributed by atoms with Gasteiger partial charge < -0.3 is 4.74 Å². The van der Waals surface area contributed by atoms with E-state index in [4.69, 9.17) is 4.74 Å². The lowest BCUT2D eigenvalue weighted by molar-refractivity contribution is -0.159. The Balaban J connectivity index is 1.62. The summed E-state index contributed by atoms with van der Waals surface area (Å²) in [6.45, 7) is 5.91. The fourth-order valence-corrected chi connectivity index (χ4v) is 4.83. The van der Waals surface area contributed by atoms with E-state index in [-0.39, 0.29) is 17.5 Å². The van der Waals surface area contributed by atoms with Gasteiger partial charge in [-0.25, -0.2) is 0 Å². The van der Waals surface area contributed by atoms with E-state index in [0.717, 1.165) is 36.5 Å². The molecule has 108 valence electrons. The van der Waals surface area contributed by atoms with Crippen LogP contribution in [0.25, 0.3) is 0 Å². The number of hydrogen-bond donors (Lipinski definition) is 0. The highest BCUT2D eigenvalue weighted by Gasteiger charge is 2.44. The second-order valence-corrected chi connectivity index (χ2v) is 8.24. The Morgan fingerprint density at radius 1 is 0.895 bits per heavy atom. The van der Waals surface area contributed by atoms with Crippen molar-refractivity contribution >= 4 is 5.97 Å². The van der Waals surface area contributed by atoms with Crippen LogP contribution in [0.3, 0.4) is 0 Å². The quantitative estimate of drug-likeness (QED) is 0.664. The summed E-state index contributed by atoms with van der Waals surface area (Å²) < 4.78 is 5.59. The predicted molar refractivity (Wildman–Crippen MR) is 75.6 cm³/mol. The molecule has 3 aliphatic carbocycles. The predicted octanol–water partition coefficient (Wildman–Crippen LogP) is 4.18. The molecular formula is C17H28O2. The van der Waals surface area contributed by atoms with Crippen molar-refractivity contribution in [3.63, 3.8) is 0 Å². The number of carbonyl (C=O) groups is 1. The molecular weight excluding hydrogens is 236 g/mol. The van der Waals surface area contributed by atoms with Gasteiger partial charge in [0.1, 0.15) is 5.60 Å². The number of fused-ring (bicyclic) bond motifs is 3. The lowest BCUT2D eigenvalue weighted by Gasteiger charge is -2.22. The fraction of sp³-hybridized carbons (Fsp3) is 0.941. The molecule has 3 aliphatic rings. The van der Waals surface area contributed by atoms with E-state index in [9.17, 15) is 4.79 Å². The molecule has 0 heterocycles. The fourth-order valence-electron chi connectivity index (χ4n) is 4.83. The van der Waals surface area contributed by atoms with Crippen LogP contribution in [0.2, 0.25) is 0 Å². The van der Waals surface area contributed by atoms with Crippen molar-refractivity contribution in [1.82, 2.24) is 0 Å². The van der Waals surface area contributed by atoms with Crippen molar-refractivity contribution in [2.45, 2.75) is 71.3 Å². The highest BCUT2D eigenvalue weighted by molar-refractivity contribution is 5.73. The first-order chi connectivity index (χ1) is 8.90. The second kappa shape index (κ2) is 4.79. The summed E-state index contributed by atoms with van der Waals surface area (Å²) in [7, 11) is 0. The van der Waals surface area contributed by atoms with Gasteiger partial charge >= 0.3 is 5.97 Å². The first-order valence-electron chi connectivity index (χ1n) is 8.13. The van der Waals surface area contributed by atoms with Gasteiger partial charge in [-0.1, -0.05) is 12.8 Å². The van der Waals surface area contributed by atoms with Gasteiger partial charge in [-0.05, 0) is 76.5 Å². The molecule has 0 N–H and O–H groups in total. The van der Waals surface area contributed by atoms with Crippen molar-refractivity contribution in [2.24, 2.45) is 29.6 Å². The Bertz CT molecular complexity index is 335. The van der Waals surface area contributed by atoms with Gasteiger partial charge in [0.25, 0.3) is 0 Å². The average Bonchev–Trinajstić information content (AvgIpc) is 2.81. The molecule has 3 saturated carbocycles. The Morgan fingerprint density at radius 3 is 1.89 bits per heavy atom. The molecule has 3 fully saturated rings. The number of carbonyl (C=O) groups excluding carboxylic acids is 1. The normalized spacial score (nSPS) is 41.7. The molecule has 4 unspecified atom stereocenters. The van der Waals surface area contributed by atoms with Crippen LogP contribution in [0.4, 0.5) is 0 Å². The van der Waals surface area contributed by atoms with Gasteiger partial charge in [0.2, 0.25) is 0 Å². The minimum atomic E-state index is -0.333. The van der Waals surface area contributed by atoms with Gasteiger partial charge in [0.05, 0.1) is 5.92 Å². The molecule has 0 aliphatic heterocycles. The van der Waals surface area contributed by atoms with E-state index in [1.165, 1.54) is 32.1 Å². The number of esters is 1. The maximum Gasteiger partial charge on any atom is 0.309 e. The van der Waals surface area contributed by atoms with Crippen molar-refractivity contribution < 1.29 is 9.53 Å². The summed E-state index contributed by atoms with van der Waals surface area (Å²) in [4.78, 5) is 12.2. The summed E-state index contributed by atoms with van der Waals surface area (Å²) in [6, 6.07) is 0. The molecule has 0 aromatic heterocycles. The average molecular weight is 264 g/mol. The monoisotopic (exact) mass is 264 g/mol. The smallest absolute Gasteiger partial charge is 0.309 e. The van der Waals surface area contributed by atoms with E-state index in [2.05, 4.69) is 0 Å². The highest BCUT2D eigenvalue weighted by atomic mass is 16.6. The topological polar surface area (TPSA) is 26.3 Å². The Labute approximate surface area is 117 Å². The van der Waals surface area contributed by atoms with Gasteiger partial charge in [-0.3, -0.25) is 4.79 Å². The zero-order valence-corrected chi connectivity index (χ0v) is 12.7. The molecule has 4 atom stereocenters. The molecule has 3 rings (SSSR count). The minimum absolute atomic E-state index is 0.0629. The number of ether oxygens (including phenoxy) is 1. The minimum Gasteiger partial charge on any atom is -0.460 e. The SMILES string of the molecule is CC(C)(C)OC(=O)C1CC2CC3CCC(C3)CC2C1. The van der Waals surface area contributed by atoms with Gasteiger partial charge in [0, 0.05) is 0 Å². The molecule has 0 saturated heterocycles. The van der Waals surface area contributed by atoms with Gasteiger partial charge in [-0.2, -0.15) is 0 Å². The molecule has 0 amide bonds. The maximum absolute atomic E-state index is 12.2. The summed E-state index contributed by atoms with van der Waals surface area (Å²) in [5.41, 5.74) is -0.333. The van der Waals surface area contributed by atoms with Gasteiger partial charge in [0.15, 0.2) is 0 Å². The Kier molecular flexibility index (Phi) is 3.39. The zero-order valence-electron chi connectivity index (χ0n) is 12.7. The third-order valence-electron chi connectivity index (χ3n) is 5.50. The molecule has 0 aromatic carbocycles. The summed E-state index contributed by atoms with van der Waals surface area (Å²) in [5.74, 6) is 3.81. The molecule has 19 heavy (non-hydrogen) atoms. The largest absolute Gasteiger partial charge is 0.460 e. The zero-order chi connectivity index (χ0) is 13.6. The van der Waals surface area contributed by atoms with Crippen molar-refractivity contribution in [1.29, 1.82) is 0 Å². The maximum atomic E-state index is 12.2. The van der Waals surface area contributed by atoms with E-state index in [1.807, 2.05) is 20.8 Å². The van der Waals surface area contributed by atoms with Crippen molar-refractivity contribution in [3.8, 4) is 0 Å². The summed E-state index contributed by atoms with van der Waals surface area (Å²) in [6.07, 6.45) is 9.35. The Hall–Kier alpha value is -0.530. The lowest BCUT2D eigenvalue weighted by atomic mass is 9.84. The van der Waals surface area contributed by atoms with Crippen molar-refractivity contribution in [3.05, 3.63) is 0 Å². The Morgan fingerprint density at radius 2 is 1.42 bits per heavy atom. The molecule has 2 bridgehead atoms. The van der Waals surface area contributed by atoms with E-state index in [1.54, 1.807) is 0 Å². The molecule has 2 heteroatoms. The van der Waals surface area contributed by atoms with Crippen LogP contribution in [-0.4, -0.2) is 11.6 Å². The molecule has 2 nitrogen and oxygen atoms in total. The first kappa shape index (κ1) is 13.5. The van der Waals surface area contributed by atoms with Crippen LogP contribution in [-0.2, 0) is 9.53 Å². The second-order valence-electron chi connectivity index (χ2n) is 8.24. The van der Waals surface area contributed by atoms with E-state index < -0.39 is 0 Å². The van der Waals surface area contributed by atoms with Crippen molar-refractivity contribution in [2.75, 3.05) is 0 Å². The summed E-state index contributed by atoms with van der Waals surface area (Å²) >= 11 is 0. The van der Waals surface area contributed by atoms with Crippen LogP contribution in [0.1, 0.15) is 65.7 Å². The standard InChI is InChI=1S/C17H28O2/c1-17(2,3)19-16(18)15-9-13-7-11-4-5-12(6-11)8-14(13)10-15/h11-15H,4-10H2,1-3H3. The van der Waals surface area contributed by atoms with Crippen LogP contribution < -0.4 is 0 Å². The van der Waals surface area contributed by atoms with E-state index in [0.29, 0.717) is 0 Å². The van der Waals surface area contributed by atoms with E-state index >= 15 is 0 Å². The first-order valence-corrected chi connectivity index (χ1v) is 8.13. The molecule has 0 aromatic rings. The van der Waals surface area contributed by atoms with Crippen LogP contribution in [0.15, 0.2) is 0 Å². The molecule has 0 spiro atoms. The van der Waals surface area contributed by atoms with Crippen LogP contribution in [0, 0.1) is 29.6 Å². The van der Waals surface area contributed by atoms with Crippen LogP contribution >= 0.6 is 0 Å². The highest BCUT2D eigenvalue weighted by Crippen LogP contribution is 2.52. The third kappa shape index (κ3) is 2.98. The lowest BCUT2D eigenvalue weighted by Crippen LogP contribution is -2.28. The number of rotatable bonds is 1. The number of hydrogen-bond acceptors (Lipinski definition) is 2. The van der Waals surface area contributed by atoms with Crippen LogP contribution in [0.5, 0.6) is 0 Å². The third-order valence-corrected chi connectivity index (χ3v) is 5.50. The van der Waals surface area contributed by atoms with Gasteiger partial charge in [-0.15, -0.1) is 0 Å². The summed E-state index contributed by atoms with van der Waals surface area (Å²) in [5, 5.41) is 0. The molecule has 0 radical (unpaired) electrons.